The van der Waals surface area contributed by atoms with Crippen molar-refractivity contribution in [2.45, 2.75) is 6.42 Å². The van der Waals surface area contributed by atoms with E-state index < -0.39 is 0 Å². The Morgan fingerprint density at radius 2 is 1.90 bits per heavy atom. The zero-order valence-electron chi connectivity index (χ0n) is 11.7. The third-order valence-corrected chi connectivity index (χ3v) is 3.58. The summed E-state index contributed by atoms with van der Waals surface area (Å²) < 4.78 is 0. The molecule has 2 aromatic carbocycles. The number of phenolic OH excluding ortho intramolecular Hbond substituents is 1. The highest BCUT2D eigenvalue weighted by molar-refractivity contribution is 5.94. The van der Waals surface area contributed by atoms with Gasteiger partial charge in [-0.05, 0) is 53.4 Å². The van der Waals surface area contributed by atoms with E-state index in [1.165, 1.54) is 0 Å². The minimum Gasteiger partial charge on any atom is -0.508 e. The molecule has 4 nitrogen and oxygen atoms in total. The van der Waals surface area contributed by atoms with Gasteiger partial charge in [0.05, 0.1) is 6.42 Å². The Hall–Kier alpha value is -2.75. The van der Waals surface area contributed by atoms with Crippen LogP contribution in [0.25, 0.3) is 10.9 Å². The van der Waals surface area contributed by atoms with Crippen LogP contribution in [0.1, 0.15) is 5.56 Å². The van der Waals surface area contributed by atoms with Gasteiger partial charge < -0.3 is 15.0 Å². The van der Waals surface area contributed by atoms with E-state index in [1.54, 1.807) is 36.2 Å². The molecule has 0 aliphatic rings. The van der Waals surface area contributed by atoms with E-state index in [2.05, 4.69) is 4.98 Å². The highest BCUT2D eigenvalue weighted by Crippen LogP contribution is 2.19. The molecule has 1 heterocycles. The summed E-state index contributed by atoms with van der Waals surface area (Å²) in [7, 11) is 1.74. The second kappa shape index (κ2) is 5.32. The van der Waals surface area contributed by atoms with E-state index in [0.29, 0.717) is 6.42 Å². The largest absolute Gasteiger partial charge is 0.508 e. The van der Waals surface area contributed by atoms with Crippen LogP contribution in [-0.4, -0.2) is 23.0 Å². The Kier molecular flexibility index (Phi) is 3.36. The molecule has 0 bridgehead atoms. The number of benzene rings is 2. The monoisotopic (exact) mass is 280 g/mol. The topological polar surface area (TPSA) is 56.3 Å². The van der Waals surface area contributed by atoms with Crippen LogP contribution in [0.15, 0.2) is 54.7 Å². The van der Waals surface area contributed by atoms with E-state index in [4.69, 9.17) is 0 Å². The molecular weight excluding hydrogens is 264 g/mol. The maximum Gasteiger partial charge on any atom is 0.231 e. The lowest BCUT2D eigenvalue weighted by Crippen LogP contribution is -2.27. The molecule has 1 amide bonds. The van der Waals surface area contributed by atoms with E-state index >= 15 is 0 Å². The standard InChI is InChI=1S/C17H16N2O2/c1-19(14-3-5-15(20)6-4-14)17(21)11-12-2-7-16-13(10-12)8-9-18-16/h2-10,18,20H,11H2,1H3. The molecule has 3 aromatic rings. The zero-order valence-corrected chi connectivity index (χ0v) is 11.7. The number of carbonyl (C=O) groups is 1. The lowest BCUT2D eigenvalue weighted by molar-refractivity contribution is -0.117. The number of fused-ring (bicyclic) bond motifs is 1. The van der Waals surface area contributed by atoms with Gasteiger partial charge in [0, 0.05) is 24.4 Å². The van der Waals surface area contributed by atoms with Crippen LogP contribution in [0.2, 0.25) is 0 Å². The van der Waals surface area contributed by atoms with Gasteiger partial charge in [-0.2, -0.15) is 0 Å². The zero-order chi connectivity index (χ0) is 14.8. The average Bonchev–Trinajstić information content (AvgIpc) is 2.95. The number of aromatic hydroxyl groups is 1. The number of carbonyl (C=O) groups excluding carboxylic acids is 1. The van der Waals surface area contributed by atoms with Crippen molar-refractivity contribution in [3.8, 4) is 5.75 Å². The Bertz CT molecular complexity index is 775. The summed E-state index contributed by atoms with van der Waals surface area (Å²) in [6, 6.07) is 14.6. The fraction of sp³-hybridized carbons (Fsp3) is 0.118. The van der Waals surface area contributed by atoms with Crippen molar-refractivity contribution < 1.29 is 9.90 Å². The molecule has 0 saturated heterocycles. The molecule has 0 saturated carbocycles. The highest BCUT2D eigenvalue weighted by Gasteiger charge is 2.12. The molecule has 0 fully saturated rings. The van der Waals surface area contributed by atoms with Crippen LogP contribution in [0.4, 0.5) is 5.69 Å². The number of anilines is 1. The van der Waals surface area contributed by atoms with Gasteiger partial charge >= 0.3 is 0 Å². The molecule has 0 atom stereocenters. The molecule has 3 rings (SSSR count). The minimum atomic E-state index is 0.00979. The number of hydrogen-bond donors (Lipinski definition) is 2. The molecule has 0 radical (unpaired) electrons. The van der Waals surface area contributed by atoms with Gasteiger partial charge in [0.2, 0.25) is 5.91 Å². The molecule has 4 heteroatoms. The maximum atomic E-state index is 12.3. The summed E-state index contributed by atoms with van der Waals surface area (Å²) in [4.78, 5) is 17.1. The molecule has 1 aromatic heterocycles. The van der Waals surface area contributed by atoms with E-state index in [9.17, 15) is 9.90 Å². The van der Waals surface area contributed by atoms with E-state index in [1.807, 2.05) is 30.5 Å². The van der Waals surface area contributed by atoms with E-state index in [0.717, 1.165) is 22.2 Å². The average molecular weight is 280 g/mol. The number of nitrogens with zero attached hydrogens (tertiary/aromatic N) is 1. The van der Waals surface area contributed by atoms with Gasteiger partial charge in [-0.3, -0.25) is 4.79 Å². The number of phenols is 1. The summed E-state index contributed by atoms with van der Waals surface area (Å²) in [5.74, 6) is 0.202. The first-order valence-corrected chi connectivity index (χ1v) is 6.75. The lowest BCUT2D eigenvalue weighted by atomic mass is 10.1. The fourth-order valence-corrected chi connectivity index (χ4v) is 2.33. The van der Waals surface area contributed by atoms with Gasteiger partial charge in [-0.25, -0.2) is 0 Å². The minimum absolute atomic E-state index is 0.00979. The quantitative estimate of drug-likeness (QED) is 0.774. The number of H-pyrrole nitrogens is 1. The van der Waals surface area contributed by atoms with Gasteiger partial charge in [0.15, 0.2) is 0 Å². The number of aromatic amines is 1. The predicted octanol–water partition coefficient (Wildman–Crippen LogP) is 3.08. The summed E-state index contributed by atoms with van der Waals surface area (Å²) in [6.07, 6.45) is 2.23. The second-order valence-electron chi connectivity index (χ2n) is 5.05. The van der Waals surface area contributed by atoms with Crippen LogP contribution >= 0.6 is 0 Å². The van der Waals surface area contributed by atoms with Crippen LogP contribution in [0.5, 0.6) is 5.75 Å². The lowest BCUT2D eigenvalue weighted by Gasteiger charge is -2.17. The third-order valence-electron chi connectivity index (χ3n) is 3.58. The number of amides is 1. The summed E-state index contributed by atoms with van der Waals surface area (Å²) in [6.45, 7) is 0. The van der Waals surface area contributed by atoms with Crippen molar-refractivity contribution in [3.05, 3.63) is 60.3 Å². The summed E-state index contributed by atoms with van der Waals surface area (Å²) >= 11 is 0. The Labute approximate surface area is 122 Å². The fourth-order valence-electron chi connectivity index (χ4n) is 2.33. The van der Waals surface area contributed by atoms with E-state index in [-0.39, 0.29) is 11.7 Å². The van der Waals surface area contributed by atoms with Crippen molar-refractivity contribution in [1.82, 2.24) is 4.98 Å². The van der Waals surface area contributed by atoms with Crippen LogP contribution < -0.4 is 4.90 Å². The molecule has 0 unspecified atom stereocenters. The molecule has 2 N–H and O–H groups in total. The van der Waals surface area contributed by atoms with Crippen molar-refractivity contribution in [2.24, 2.45) is 0 Å². The molecule has 21 heavy (non-hydrogen) atoms. The Balaban J connectivity index is 1.77. The summed E-state index contributed by atoms with van der Waals surface area (Å²) in [5.41, 5.74) is 2.82. The maximum absolute atomic E-state index is 12.3. The SMILES string of the molecule is CN(C(=O)Cc1ccc2[nH]ccc2c1)c1ccc(O)cc1. The van der Waals surface area contributed by atoms with Crippen molar-refractivity contribution in [2.75, 3.05) is 11.9 Å². The Morgan fingerprint density at radius 3 is 2.67 bits per heavy atom. The highest BCUT2D eigenvalue weighted by atomic mass is 16.3. The first kappa shape index (κ1) is 13.2. The second-order valence-corrected chi connectivity index (χ2v) is 5.05. The Morgan fingerprint density at radius 1 is 1.14 bits per heavy atom. The van der Waals surface area contributed by atoms with Gasteiger partial charge in [-0.15, -0.1) is 0 Å². The normalized spacial score (nSPS) is 10.7. The number of rotatable bonds is 3. The number of aromatic nitrogens is 1. The smallest absolute Gasteiger partial charge is 0.231 e. The molecule has 0 spiro atoms. The first-order valence-electron chi connectivity index (χ1n) is 6.75. The molecular formula is C17H16N2O2. The predicted molar refractivity (Wildman–Crippen MR) is 83.5 cm³/mol. The third kappa shape index (κ3) is 2.74. The van der Waals surface area contributed by atoms with Gasteiger partial charge in [0.25, 0.3) is 0 Å². The van der Waals surface area contributed by atoms with Crippen molar-refractivity contribution in [1.29, 1.82) is 0 Å². The van der Waals surface area contributed by atoms with Crippen molar-refractivity contribution >= 4 is 22.5 Å². The number of hydrogen-bond acceptors (Lipinski definition) is 2. The van der Waals surface area contributed by atoms with Gasteiger partial charge in [-0.1, -0.05) is 6.07 Å². The molecule has 0 aliphatic heterocycles. The summed E-state index contributed by atoms with van der Waals surface area (Å²) in [5, 5.41) is 10.4. The van der Waals surface area contributed by atoms with Crippen molar-refractivity contribution in [3.63, 3.8) is 0 Å². The number of nitrogens with one attached hydrogen (secondary N) is 1. The molecule has 106 valence electrons. The number of likely N-dealkylation sites (N-methyl/N-ethyl adjacent to an activating group) is 1. The van der Waals surface area contributed by atoms with Crippen LogP contribution in [0, 0.1) is 0 Å². The molecule has 0 aliphatic carbocycles. The van der Waals surface area contributed by atoms with Crippen LogP contribution in [-0.2, 0) is 11.2 Å². The van der Waals surface area contributed by atoms with Gasteiger partial charge in [0.1, 0.15) is 5.75 Å². The van der Waals surface area contributed by atoms with Crippen LogP contribution in [0.3, 0.4) is 0 Å². The first-order chi connectivity index (χ1) is 10.1.